The largest absolute Gasteiger partial charge is 0.356 e. The van der Waals surface area contributed by atoms with Crippen LogP contribution in [0.4, 0.5) is 11.8 Å². The van der Waals surface area contributed by atoms with Crippen molar-refractivity contribution in [3.8, 4) is 0 Å². The number of nitrogens with one attached hydrogen (secondary N) is 1. The number of hydrogen-bond donors (Lipinski definition) is 1. The lowest BCUT2D eigenvalue weighted by Gasteiger charge is -2.24. The highest BCUT2D eigenvalue weighted by Gasteiger charge is 2.19. The van der Waals surface area contributed by atoms with Crippen molar-refractivity contribution in [2.75, 3.05) is 23.3 Å². The van der Waals surface area contributed by atoms with Gasteiger partial charge < -0.3 is 10.2 Å². The van der Waals surface area contributed by atoms with Crippen LogP contribution in [0.25, 0.3) is 10.9 Å². The van der Waals surface area contributed by atoms with Crippen LogP contribution in [-0.4, -0.2) is 29.1 Å². The number of fused-ring (bicyclic) bond motifs is 1. The Kier molecular flexibility index (Phi) is 3.83. The third-order valence-electron chi connectivity index (χ3n) is 4.93. The zero-order valence-corrected chi connectivity index (χ0v) is 13.1. The molecular weight excluding hydrogens is 272 g/mol. The molecule has 1 saturated carbocycles. The van der Waals surface area contributed by atoms with Crippen LogP contribution in [0.15, 0.2) is 24.3 Å². The summed E-state index contributed by atoms with van der Waals surface area (Å²) in [5.41, 5.74) is 1.05. The topological polar surface area (TPSA) is 41.1 Å². The molecule has 4 heteroatoms. The third-order valence-corrected chi connectivity index (χ3v) is 4.93. The summed E-state index contributed by atoms with van der Waals surface area (Å²) < 4.78 is 0. The van der Waals surface area contributed by atoms with E-state index in [9.17, 15) is 0 Å². The third kappa shape index (κ3) is 2.74. The molecule has 1 aliphatic carbocycles. The van der Waals surface area contributed by atoms with E-state index in [0.29, 0.717) is 6.04 Å². The van der Waals surface area contributed by atoms with Gasteiger partial charge >= 0.3 is 0 Å². The van der Waals surface area contributed by atoms with E-state index in [2.05, 4.69) is 34.5 Å². The van der Waals surface area contributed by atoms with Crippen molar-refractivity contribution in [2.45, 2.75) is 51.0 Å². The lowest BCUT2D eigenvalue weighted by molar-refractivity contribution is 0.461. The van der Waals surface area contributed by atoms with Gasteiger partial charge in [-0.15, -0.1) is 0 Å². The van der Waals surface area contributed by atoms with Crippen LogP contribution < -0.4 is 10.2 Å². The van der Waals surface area contributed by atoms with E-state index in [1.54, 1.807) is 0 Å². The fourth-order valence-corrected chi connectivity index (χ4v) is 3.72. The van der Waals surface area contributed by atoms with E-state index < -0.39 is 0 Å². The Labute approximate surface area is 131 Å². The number of hydrogen-bond acceptors (Lipinski definition) is 4. The standard InChI is InChI=1S/C18H24N4/c1-2-8-14(9-3-1)19-18-20-16-11-5-4-10-15(16)17(21-18)22-12-6-7-13-22/h4-5,10-11,14H,1-3,6-9,12-13H2,(H,19,20,21). The van der Waals surface area contributed by atoms with E-state index in [1.807, 2.05) is 0 Å². The number of para-hydroxylation sites is 1. The quantitative estimate of drug-likeness (QED) is 0.930. The van der Waals surface area contributed by atoms with E-state index >= 15 is 0 Å². The van der Waals surface area contributed by atoms with E-state index in [-0.39, 0.29) is 0 Å². The fraction of sp³-hybridized carbons (Fsp3) is 0.556. The average Bonchev–Trinajstić information content (AvgIpc) is 3.09. The molecule has 2 aliphatic rings. The van der Waals surface area contributed by atoms with Crippen LogP contribution in [-0.2, 0) is 0 Å². The summed E-state index contributed by atoms with van der Waals surface area (Å²) in [7, 11) is 0. The molecule has 0 spiro atoms. The molecule has 4 rings (SSSR count). The molecule has 0 unspecified atom stereocenters. The van der Waals surface area contributed by atoms with Gasteiger partial charge in [-0.2, -0.15) is 4.98 Å². The second kappa shape index (κ2) is 6.11. The van der Waals surface area contributed by atoms with Gasteiger partial charge in [0.25, 0.3) is 0 Å². The van der Waals surface area contributed by atoms with Crippen molar-refractivity contribution in [1.29, 1.82) is 0 Å². The highest BCUT2D eigenvalue weighted by Crippen LogP contribution is 2.29. The first-order valence-corrected chi connectivity index (χ1v) is 8.68. The molecule has 1 saturated heterocycles. The second-order valence-corrected chi connectivity index (χ2v) is 6.56. The molecule has 1 aromatic carbocycles. The predicted molar refractivity (Wildman–Crippen MR) is 91.5 cm³/mol. The lowest BCUT2D eigenvalue weighted by atomic mass is 9.96. The van der Waals surface area contributed by atoms with Crippen molar-refractivity contribution < 1.29 is 0 Å². The van der Waals surface area contributed by atoms with Gasteiger partial charge in [-0.3, -0.25) is 0 Å². The first kappa shape index (κ1) is 13.8. The van der Waals surface area contributed by atoms with Crippen LogP contribution in [0, 0.1) is 0 Å². The Hall–Kier alpha value is -1.84. The molecule has 1 aliphatic heterocycles. The van der Waals surface area contributed by atoms with Crippen molar-refractivity contribution in [1.82, 2.24) is 9.97 Å². The molecule has 116 valence electrons. The van der Waals surface area contributed by atoms with Crippen LogP contribution in [0.5, 0.6) is 0 Å². The molecule has 2 fully saturated rings. The Bertz CT molecular complexity index is 643. The predicted octanol–water partition coefficient (Wildman–Crippen LogP) is 3.97. The van der Waals surface area contributed by atoms with Crippen molar-refractivity contribution >= 4 is 22.7 Å². The highest BCUT2D eigenvalue weighted by molar-refractivity contribution is 5.90. The zero-order chi connectivity index (χ0) is 14.8. The minimum absolute atomic E-state index is 0.543. The molecule has 0 bridgehead atoms. The van der Waals surface area contributed by atoms with Gasteiger partial charge in [0.05, 0.1) is 5.52 Å². The van der Waals surface area contributed by atoms with Crippen LogP contribution in [0.2, 0.25) is 0 Å². The molecule has 1 aromatic heterocycles. The van der Waals surface area contributed by atoms with Gasteiger partial charge in [-0.1, -0.05) is 31.4 Å². The molecule has 2 heterocycles. The second-order valence-electron chi connectivity index (χ2n) is 6.56. The van der Waals surface area contributed by atoms with E-state index in [0.717, 1.165) is 30.4 Å². The smallest absolute Gasteiger partial charge is 0.225 e. The van der Waals surface area contributed by atoms with Crippen LogP contribution in [0.1, 0.15) is 44.9 Å². The summed E-state index contributed by atoms with van der Waals surface area (Å²) in [6, 6.07) is 8.93. The SMILES string of the molecule is c1ccc2c(N3CCCC3)nc(NC3CCCCC3)nc2c1. The Morgan fingerprint density at radius 2 is 1.68 bits per heavy atom. The summed E-state index contributed by atoms with van der Waals surface area (Å²) in [6.07, 6.45) is 9.04. The Morgan fingerprint density at radius 1 is 0.909 bits per heavy atom. The van der Waals surface area contributed by atoms with Gasteiger partial charge in [0, 0.05) is 24.5 Å². The van der Waals surface area contributed by atoms with Crippen molar-refractivity contribution in [2.24, 2.45) is 0 Å². The minimum Gasteiger partial charge on any atom is -0.356 e. The van der Waals surface area contributed by atoms with E-state index in [4.69, 9.17) is 9.97 Å². The van der Waals surface area contributed by atoms with E-state index in [1.165, 1.54) is 50.3 Å². The number of benzene rings is 1. The van der Waals surface area contributed by atoms with Crippen LogP contribution >= 0.6 is 0 Å². The van der Waals surface area contributed by atoms with Crippen molar-refractivity contribution in [3.05, 3.63) is 24.3 Å². The highest BCUT2D eigenvalue weighted by atomic mass is 15.2. The molecule has 0 atom stereocenters. The molecule has 0 amide bonds. The summed E-state index contributed by atoms with van der Waals surface area (Å²) >= 11 is 0. The van der Waals surface area contributed by atoms with Gasteiger partial charge in [0.15, 0.2) is 0 Å². The van der Waals surface area contributed by atoms with Gasteiger partial charge in [0.2, 0.25) is 5.95 Å². The average molecular weight is 296 g/mol. The minimum atomic E-state index is 0.543. The Balaban J connectivity index is 1.69. The first-order valence-electron chi connectivity index (χ1n) is 8.68. The summed E-state index contributed by atoms with van der Waals surface area (Å²) in [6.45, 7) is 2.23. The maximum Gasteiger partial charge on any atom is 0.225 e. The van der Waals surface area contributed by atoms with Gasteiger partial charge in [0.1, 0.15) is 5.82 Å². The molecule has 1 N–H and O–H groups in total. The molecular formula is C18H24N4. The molecule has 22 heavy (non-hydrogen) atoms. The maximum atomic E-state index is 4.88. The maximum absolute atomic E-state index is 4.88. The monoisotopic (exact) mass is 296 g/mol. The Morgan fingerprint density at radius 3 is 2.50 bits per heavy atom. The fourth-order valence-electron chi connectivity index (χ4n) is 3.72. The van der Waals surface area contributed by atoms with Gasteiger partial charge in [-0.05, 0) is 37.8 Å². The lowest BCUT2D eigenvalue weighted by Crippen LogP contribution is -2.25. The normalized spacial score (nSPS) is 19.7. The molecule has 0 radical (unpaired) electrons. The number of aromatic nitrogens is 2. The summed E-state index contributed by atoms with van der Waals surface area (Å²) in [4.78, 5) is 12.0. The summed E-state index contributed by atoms with van der Waals surface area (Å²) in [5.74, 6) is 1.92. The molecule has 4 nitrogen and oxygen atoms in total. The number of nitrogens with zero attached hydrogens (tertiary/aromatic N) is 3. The van der Waals surface area contributed by atoms with Gasteiger partial charge in [-0.25, -0.2) is 4.98 Å². The van der Waals surface area contributed by atoms with Crippen LogP contribution in [0.3, 0.4) is 0 Å². The van der Waals surface area contributed by atoms with Crippen molar-refractivity contribution in [3.63, 3.8) is 0 Å². The number of rotatable bonds is 3. The molecule has 2 aromatic rings. The first-order chi connectivity index (χ1) is 10.9. The summed E-state index contributed by atoms with van der Waals surface area (Å²) in [5, 5.41) is 4.77. The zero-order valence-electron chi connectivity index (χ0n) is 13.1. The number of anilines is 2.